The van der Waals surface area contributed by atoms with Gasteiger partial charge in [-0.2, -0.15) is 0 Å². The molecular weight excluding hydrogens is 438 g/mol. The van der Waals surface area contributed by atoms with E-state index in [0.717, 1.165) is 22.3 Å². The lowest BCUT2D eigenvalue weighted by molar-refractivity contribution is -0.136. The van der Waals surface area contributed by atoms with Gasteiger partial charge in [0.05, 0.1) is 12.1 Å². The molecule has 35 heavy (non-hydrogen) atoms. The second-order valence-corrected chi connectivity index (χ2v) is 6.93. The lowest BCUT2D eigenvalue weighted by Gasteiger charge is -2.14. The predicted octanol–water partition coefficient (Wildman–Crippen LogP) is 5.22. The van der Waals surface area contributed by atoms with Crippen LogP contribution in [0.3, 0.4) is 0 Å². The molecule has 0 fully saturated rings. The molecule has 0 atom stereocenters. The smallest absolute Gasteiger partial charge is 0.411 e. The van der Waals surface area contributed by atoms with E-state index in [1.54, 1.807) is 0 Å². The number of rotatable bonds is 5. The molecule has 2 N–H and O–H groups in total. The van der Waals surface area contributed by atoms with Crippen molar-refractivity contribution >= 4 is 12.1 Å². The monoisotopic (exact) mass is 455 g/mol. The molecule has 5 heteroatoms. The van der Waals surface area contributed by atoms with Crippen LogP contribution in [0.5, 0.6) is 0 Å². The Hall–Kier alpha value is -5.50. The number of nitrogens with one attached hydrogen (secondary N) is 1. The summed E-state index contributed by atoms with van der Waals surface area (Å²) in [6.45, 7) is 3.41. The van der Waals surface area contributed by atoms with Crippen LogP contribution in [-0.2, 0) is 9.53 Å². The summed E-state index contributed by atoms with van der Waals surface area (Å²) in [5, 5.41) is 11.5. The third-order valence-corrected chi connectivity index (χ3v) is 4.73. The lowest BCUT2D eigenvalue weighted by Crippen LogP contribution is -2.26. The SMILES string of the molecule is C=C=C=C=C=C=C=C=C=C=C=C=C(CC(=O)O)NC(=O)OCC1c2ccccc2-c2ccccc21. The fourth-order valence-corrected chi connectivity index (χ4v) is 3.40. The molecule has 1 aliphatic rings. The summed E-state index contributed by atoms with van der Waals surface area (Å²) >= 11 is 0. The Morgan fingerprint density at radius 3 is 1.89 bits per heavy atom. The topological polar surface area (TPSA) is 75.6 Å². The number of alkyl carbamates (subject to hydrolysis) is 1. The molecule has 166 valence electrons. The van der Waals surface area contributed by atoms with Gasteiger partial charge in [-0.25, -0.2) is 4.79 Å². The van der Waals surface area contributed by atoms with Crippen LogP contribution < -0.4 is 5.32 Å². The molecule has 0 aliphatic heterocycles. The van der Waals surface area contributed by atoms with Crippen LogP contribution in [0.2, 0.25) is 0 Å². The van der Waals surface area contributed by atoms with Gasteiger partial charge in [-0.15, -0.1) is 0 Å². The van der Waals surface area contributed by atoms with Gasteiger partial charge in [-0.05, 0) is 86.1 Å². The van der Waals surface area contributed by atoms with Crippen molar-refractivity contribution in [3.8, 4) is 11.1 Å². The van der Waals surface area contributed by atoms with Crippen molar-refractivity contribution in [1.29, 1.82) is 0 Å². The maximum absolute atomic E-state index is 12.4. The van der Waals surface area contributed by atoms with E-state index in [9.17, 15) is 9.59 Å². The average Bonchev–Trinajstić information content (AvgIpc) is 3.17. The van der Waals surface area contributed by atoms with E-state index in [0.29, 0.717) is 0 Å². The second kappa shape index (κ2) is 12.5. The summed E-state index contributed by atoms with van der Waals surface area (Å²) < 4.78 is 5.43. The molecule has 0 heterocycles. The first-order chi connectivity index (χ1) is 17.1. The Kier molecular flexibility index (Phi) is 8.63. The minimum atomic E-state index is -1.16. The van der Waals surface area contributed by atoms with Crippen molar-refractivity contribution in [2.24, 2.45) is 0 Å². The highest BCUT2D eigenvalue weighted by molar-refractivity contribution is 5.79. The Bertz CT molecular complexity index is 1560. The number of ether oxygens (including phenoxy) is 1. The summed E-state index contributed by atoms with van der Waals surface area (Å²) in [5.41, 5.74) is 31.3. The normalized spacial score (nSPS) is 9.60. The Morgan fingerprint density at radius 1 is 0.829 bits per heavy atom. The number of fused-ring (bicyclic) bond motifs is 3. The summed E-state index contributed by atoms with van der Waals surface area (Å²) in [5.74, 6) is -1.27. The number of carbonyl (C=O) groups excluding carboxylic acids is 1. The summed E-state index contributed by atoms with van der Waals surface area (Å²) in [4.78, 5) is 23.5. The summed E-state index contributed by atoms with van der Waals surface area (Å²) in [6.07, 6.45) is -1.28. The van der Waals surface area contributed by atoms with Crippen LogP contribution in [0, 0.1) is 0 Å². The number of amides is 1. The van der Waals surface area contributed by atoms with Gasteiger partial charge in [-0.1, -0.05) is 54.3 Å². The van der Waals surface area contributed by atoms with Crippen LogP contribution in [-0.4, -0.2) is 23.8 Å². The molecule has 0 aromatic heterocycles. The van der Waals surface area contributed by atoms with E-state index >= 15 is 0 Å². The zero-order valence-electron chi connectivity index (χ0n) is 18.5. The molecule has 0 saturated carbocycles. The first kappa shape index (κ1) is 24.1. The minimum absolute atomic E-state index is 0.0484. The third-order valence-electron chi connectivity index (χ3n) is 4.73. The minimum Gasteiger partial charge on any atom is -0.481 e. The van der Waals surface area contributed by atoms with Gasteiger partial charge in [0.2, 0.25) is 0 Å². The standard InChI is InChI=1S/C30H17NO4/c1-2-3-4-5-6-7-8-9-10-11-16-23(21-29(32)33)31-30(34)35-22-28-26-19-14-12-17-24(26)25-18-13-15-20-27(25)28/h12-15,17-20,28H,1,21-22H2,(H,31,34)(H,32,33). The molecule has 0 radical (unpaired) electrons. The van der Waals surface area contributed by atoms with Crippen LogP contribution in [0.1, 0.15) is 23.5 Å². The number of aliphatic carboxylic acids is 1. The highest BCUT2D eigenvalue weighted by Gasteiger charge is 2.29. The molecule has 0 spiro atoms. The molecule has 1 amide bonds. The number of carbonyl (C=O) groups is 2. The summed E-state index contributed by atoms with van der Waals surface area (Å²) in [7, 11) is 0. The largest absolute Gasteiger partial charge is 0.481 e. The molecule has 5 nitrogen and oxygen atoms in total. The molecule has 2 aromatic carbocycles. The quantitative estimate of drug-likeness (QED) is 0.607. The summed E-state index contributed by atoms with van der Waals surface area (Å²) in [6, 6.07) is 15.9. The van der Waals surface area contributed by atoms with Crippen LogP contribution in [0.4, 0.5) is 4.79 Å². The van der Waals surface area contributed by atoms with E-state index in [2.05, 4.69) is 74.9 Å². The molecular formula is C30H17NO4. The maximum Gasteiger partial charge on any atom is 0.411 e. The van der Waals surface area contributed by atoms with E-state index in [-0.39, 0.29) is 18.2 Å². The van der Waals surface area contributed by atoms with Gasteiger partial charge in [-0.3, -0.25) is 10.1 Å². The van der Waals surface area contributed by atoms with E-state index < -0.39 is 18.5 Å². The molecule has 0 unspecified atom stereocenters. The molecule has 0 saturated heterocycles. The van der Waals surface area contributed by atoms with E-state index in [1.165, 1.54) is 0 Å². The van der Waals surface area contributed by atoms with Gasteiger partial charge < -0.3 is 9.84 Å². The van der Waals surface area contributed by atoms with Gasteiger partial charge in [0.15, 0.2) is 0 Å². The van der Waals surface area contributed by atoms with Gasteiger partial charge in [0.1, 0.15) is 6.61 Å². The Morgan fingerprint density at radius 2 is 1.34 bits per heavy atom. The Balaban J connectivity index is 1.78. The lowest BCUT2D eigenvalue weighted by atomic mass is 9.98. The Labute approximate surface area is 202 Å². The fraction of sp³-hybridized carbons (Fsp3) is 0.100. The zero-order valence-corrected chi connectivity index (χ0v) is 18.5. The van der Waals surface area contributed by atoms with Crippen LogP contribution in [0.25, 0.3) is 11.1 Å². The molecule has 1 aliphatic carbocycles. The first-order valence-corrected chi connectivity index (χ1v) is 10.3. The van der Waals surface area contributed by atoms with Crippen molar-refractivity contribution in [2.75, 3.05) is 6.61 Å². The van der Waals surface area contributed by atoms with Crippen LogP contribution >= 0.6 is 0 Å². The molecule has 0 bridgehead atoms. The maximum atomic E-state index is 12.4. The number of hydrogen-bond acceptors (Lipinski definition) is 3. The van der Waals surface area contributed by atoms with Crippen molar-refractivity contribution < 1.29 is 19.4 Å². The number of carboxylic acid groups (broad SMARTS) is 1. The highest BCUT2D eigenvalue weighted by Crippen LogP contribution is 2.44. The molecule has 3 rings (SSSR count). The fourth-order valence-electron chi connectivity index (χ4n) is 3.40. The third kappa shape index (κ3) is 6.99. The van der Waals surface area contributed by atoms with Crippen molar-refractivity contribution in [3.63, 3.8) is 0 Å². The van der Waals surface area contributed by atoms with Crippen molar-refractivity contribution in [3.05, 3.63) is 135 Å². The second-order valence-electron chi connectivity index (χ2n) is 6.93. The number of hydrogen-bond donors (Lipinski definition) is 2. The first-order valence-electron chi connectivity index (χ1n) is 10.3. The van der Waals surface area contributed by atoms with Gasteiger partial charge in [0.25, 0.3) is 0 Å². The average molecular weight is 455 g/mol. The van der Waals surface area contributed by atoms with Crippen LogP contribution in [0.15, 0.2) is 124 Å². The van der Waals surface area contributed by atoms with E-state index in [4.69, 9.17) is 9.84 Å². The van der Waals surface area contributed by atoms with Gasteiger partial charge >= 0.3 is 12.1 Å². The predicted molar refractivity (Wildman–Crippen MR) is 128 cm³/mol. The zero-order chi connectivity index (χ0) is 24.9. The van der Waals surface area contributed by atoms with Crippen molar-refractivity contribution in [1.82, 2.24) is 5.32 Å². The number of benzene rings is 2. The molecule has 2 aromatic rings. The van der Waals surface area contributed by atoms with Gasteiger partial charge in [0, 0.05) is 5.92 Å². The number of carboxylic acids is 1. The van der Waals surface area contributed by atoms with Crippen molar-refractivity contribution in [2.45, 2.75) is 12.3 Å². The highest BCUT2D eigenvalue weighted by atomic mass is 16.5. The van der Waals surface area contributed by atoms with E-state index in [1.807, 2.05) is 48.5 Å².